The molecule has 0 saturated carbocycles. The molecule has 0 aliphatic rings. The third-order valence-corrected chi connectivity index (χ3v) is 5.64. The fraction of sp³-hybridized carbons (Fsp3) is 0.200. The van der Waals surface area contributed by atoms with Crippen molar-refractivity contribution in [2.45, 2.75) is 20.3 Å². The number of carbonyl (C=O) groups excluding carboxylic acids is 1. The highest BCUT2D eigenvalue weighted by molar-refractivity contribution is 7.15. The minimum absolute atomic E-state index is 0.140. The van der Waals surface area contributed by atoms with Gasteiger partial charge in [-0.15, -0.1) is 11.3 Å². The number of aromatic nitrogens is 1. The second kappa shape index (κ2) is 8.74. The van der Waals surface area contributed by atoms with E-state index in [9.17, 15) is 4.79 Å². The number of amides is 1. The van der Waals surface area contributed by atoms with Crippen molar-refractivity contribution in [1.29, 1.82) is 0 Å². The standard InChI is InChI=1S/C20H19Cl2N3OS/c1-12-3-6-16(7-13(12)2)23-11-19(26)25-20-24-10-17(27-20)8-14-4-5-15(21)9-18(14)22/h3-7,9-10,23H,8,11H2,1-2H3,(H,24,25,26). The predicted octanol–water partition coefficient (Wildman–Crippen LogP) is 5.71. The first kappa shape index (κ1) is 19.7. The molecule has 0 radical (unpaired) electrons. The summed E-state index contributed by atoms with van der Waals surface area (Å²) in [5.74, 6) is -0.140. The molecule has 0 aliphatic heterocycles. The normalized spacial score (nSPS) is 10.7. The lowest BCUT2D eigenvalue weighted by Gasteiger charge is -2.08. The van der Waals surface area contributed by atoms with E-state index < -0.39 is 0 Å². The van der Waals surface area contributed by atoms with Crippen LogP contribution in [0.1, 0.15) is 21.6 Å². The van der Waals surface area contributed by atoms with Crippen molar-refractivity contribution in [3.8, 4) is 0 Å². The molecule has 2 aromatic carbocycles. The second-order valence-corrected chi connectivity index (χ2v) is 8.20. The lowest BCUT2D eigenvalue weighted by Crippen LogP contribution is -2.21. The minimum atomic E-state index is -0.140. The van der Waals surface area contributed by atoms with Crippen molar-refractivity contribution in [3.05, 3.63) is 74.2 Å². The van der Waals surface area contributed by atoms with Gasteiger partial charge in [-0.25, -0.2) is 4.98 Å². The number of halogens is 2. The zero-order valence-corrected chi connectivity index (χ0v) is 17.3. The van der Waals surface area contributed by atoms with Crippen molar-refractivity contribution in [1.82, 2.24) is 4.98 Å². The highest BCUT2D eigenvalue weighted by Gasteiger charge is 2.09. The molecule has 3 rings (SSSR count). The average Bonchev–Trinajstić information content (AvgIpc) is 3.05. The molecule has 7 heteroatoms. The molecule has 1 heterocycles. The van der Waals surface area contributed by atoms with Crippen LogP contribution in [-0.4, -0.2) is 17.4 Å². The van der Waals surface area contributed by atoms with E-state index in [1.54, 1.807) is 12.3 Å². The Morgan fingerprint density at radius 3 is 2.67 bits per heavy atom. The van der Waals surface area contributed by atoms with Crippen LogP contribution < -0.4 is 10.6 Å². The number of rotatable bonds is 6. The van der Waals surface area contributed by atoms with E-state index in [2.05, 4.69) is 22.5 Å². The number of hydrogen-bond acceptors (Lipinski definition) is 4. The van der Waals surface area contributed by atoms with Crippen molar-refractivity contribution in [3.63, 3.8) is 0 Å². The molecule has 0 unspecified atom stereocenters. The molecule has 0 atom stereocenters. The molecule has 140 valence electrons. The molecule has 0 spiro atoms. The van der Waals surface area contributed by atoms with Crippen molar-refractivity contribution < 1.29 is 4.79 Å². The van der Waals surface area contributed by atoms with E-state index in [1.807, 2.05) is 37.3 Å². The molecule has 2 N–H and O–H groups in total. The van der Waals surface area contributed by atoms with Crippen LogP contribution in [0, 0.1) is 13.8 Å². The molecule has 4 nitrogen and oxygen atoms in total. The Morgan fingerprint density at radius 2 is 1.93 bits per heavy atom. The molecule has 3 aromatic rings. The zero-order chi connectivity index (χ0) is 19.4. The maximum Gasteiger partial charge on any atom is 0.245 e. The van der Waals surface area contributed by atoms with Gasteiger partial charge in [0.25, 0.3) is 0 Å². The number of benzene rings is 2. The topological polar surface area (TPSA) is 54.0 Å². The van der Waals surface area contributed by atoms with Gasteiger partial charge < -0.3 is 10.6 Å². The van der Waals surface area contributed by atoms with Crippen LogP contribution in [0.3, 0.4) is 0 Å². The van der Waals surface area contributed by atoms with E-state index in [0.29, 0.717) is 21.6 Å². The maximum atomic E-state index is 12.2. The van der Waals surface area contributed by atoms with E-state index >= 15 is 0 Å². The van der Waals surface area contributed by atoms with E-state index in [0.717, 1.165) is 16.1 Å². The average molecular weight is 420 g/mol. The fourth-order valence-corrected chi connectivity index (χ4v) is 3.82. The molecular formula is C20H19Cl2N3OS. The summed E-state index contributed by atoms with van der Waals surface area (Å²) in [6, 6.07) is 11.5. The first-order chi connectivity index (χ1) is 12.9. The summed E-state index contributed by atoms with van der Waals surface area (Å²) in [6.45, 7) is 4.29. The Morgan fingerprint density at radius 1 is 1.11 bits per heavy atom. The summed E-state index contributed by atoms with van der Waals surface area (Å²) in [6.07, 6.45) is 2.40. The van der Waals surface area contributed by atoms with Gasteiger partial charge in [-0.3, -0.25) is 4.79 Å². The molecule has 0 aliphatic carbocycles. The van der Waals surface area contributed by atoms with E-state index in [1.165, 1.54) is 22.5 Å². The number of thiazole rings is 1. The van der Waals surface area contributed by atoms with Gasteiger partial charge in [-0.1, -0.05) is 35.3 Å². The quantitative estimate of drug-likeness (QED) is 0.537. The summed E-state index contributed by atoms with van der Waals surface area (Å²) in [5, 5.41) is 7.75. The summed E-state index contributed by atoms with van der Waals surface area (Å²) < 4.78 is 0. The first-order valence-corrected chi connectivity index (χ1v) is 9.97. The van der Waals surface area contributed by atoms with Crippen LogP contribution in [0.4, 0.5) is 10.8 Å². The molecule has 1 amide bonds. The molecule has 1 aromatic heterocycles. The van der Waals surface area contributed by atoms with E-state index in [-0.39, 0.29) is 12.5 Å². The van der Waals surface area contributed by atoms with Gasteiger partial charge in [0, 0.05) is 33.2 Å². The van der Waals surface area contributed by atoms with Crippen molar-refractivity contribution in [2.24, 2.45) is 0 Å². The summed E-state index contributed by atoms with van der Waals surface area (Å²) in [7, 11) is 0. The second-order valence-electron chi connectivity index (χ2n) is 6.25. The van der Waals surface area contributed by atoms with Crippen LogP contribution >= 0.6 is 34.5 Å². The van der Waals surface area contributed by atoms with Gasteiger partial charge in [0.1, 0.15) is 0 Å². The number of nitrogens with one attached hydrogen (secondary N) is 2. The minimum Gasteiger partial charge on any atom is -0.376 e. The van der Waals surface area contributed by atoms with Crippen LogP contribution in [-0.2, 0) is 11.2 Å². The Labute approximate surface area is 172 Å². The summed E-state index contributed by atoms with van der Waals surface area (Å²) in [5.41, 5.74) is 4.30. The van der Waals surface area contributed by atoms with Crippen LogP contribution in [0.15, 0.2) is 42.6 Å². The van der Waals surface area contributed by atoms with E-state index in [4.69, 9.17) is 23.2 Å². The summed E-state index contributed by atoms with van der Waals surface area (Å²) >= 11 is 13.6. The Hall–Kier alpha value is -2.08. The highest BCUT2D eigenvalue weighted by Crippen LogP contribution is 2.26. The maximum absolute atomic E-state index is 12.2. The SMILES string of the molecule is Cc1ccc(NCC(=O)Nc2ncc(Cc3ccc(Cl)cc3Cl)s2)cc1C. The van der Waals surface area contributed by atoms with Gasteiger partial charge >= 0.3 is 0 Å². The van der Waals surface area contributed by atoms with Gasteiger partial charge in [0.2, 0.25) is 5.91 Å². The van der Waals surface area contributed by atoms with Crippen LogP contribution in [0.5, 0.6) is 0 Å². The first-order valence-electron chi connectivity index (χ1n) is 8.40. The smallest absolute Gasteiger partial charge is 0.245 e. The fourth-order valence-electron chi connectivity index (χ4n) is 2.50. The zero-order valence-electron chi connectivity index (χ0n) is 15.0. The van der Waals surface area contributed by atoms with Gasteiger partial charge in [0.15, 0.2) is 5.13 Å². The van der Waals surface area contributed by atoms with Gasteiger partial charge in [-0.05, 0) is 54.8 Å². The number of hydrogen-bond donors (Lipinski definition) is 2. The number of carbonyl (C=O) groups is 1. The number of aryl methyl sites for hydroxylation is 2. The Kier molecular flexibility index (Phi) is 6.37. The monoisotopic (exact) mass is 419 g/mol. The van der Waals surface area contributed by atoms with Gasteiger partial charge in [-0.2, -0.15) is 0 Å². The molecule has 0 saturated heterocycles. The van der Waals surface area contributed by atoms with Gasteiger partial charge in [0.05, 0.1) is 6.54 Å². The predicted molar refractivity (Wildman–Crippen MR) is 114 cm³/mol. The molecule has 0 fully saturated rings. The number of nitrogens with zero attached hydrogens (tertiary/aromatic N) is 1. The molecule has 0 bridgehead atoms. The Bertz CT molecular complexity index is 972. The van der Waals surface area contributed by atoms with Crippen molar-refractivity contribution in [2.75, 3.05) is 17.2 Å². The largest absolute Gasteiger partial charge is 0.376 e. The number of anilines is 2. The highest BCUT2D eigenvalue weighted by atomic mass is 35.5. The third kappa shape index (κ3) is 5.45. The molecular weight excluding hydrogens is 401 g/mol. The van der Waals surface area contributed by atoms with Crippen molar-refractivity contribution >= 4 is 51.3 Å². The Balaban J connectivity index is 1.55. The summed E-state index contributed by atoms with van der Waals surface area (Å²) in [4.78, 5) is 17.4. The lowest BCUT2D eigenvalue weighted by atomic mass is 10.1. The third-order valence-electron chi connectivity index (χ3n) is 4.14. The molecule has 27 heavy (non-hydrogen) atoms. The van der Waals surface area contributed by atoms with Crippen LogP contribution in [0.2, 0.25) is 10.0 Å². The lowest BCUT2D eigenvalue weighted by molar-refractivity contribution is -0.114. The van der Waals surface area contributed by atoms with Crippen LogP contribution in [0.25, 0.3) is 0 Å².